The fourth-order valence-electron chi connectivity index (χ4n) is 0.789. The third-order valence-electron chi connectivity index (χ3n) is 1.42. The molecule has 0 saturated carbocycles. The predicted octanol–water partition coefficient (Wildman–Crippen LogP) is 1.21. The second kappa shape index (κ2) is 6.17. The van der Waals surface area contributed by atoms with E-state index in [0.29, 0.717) is 5.57 Å². The zero-order chi connectivity index (χ0) is 10.3. The number of rotatable bonds is 4. The molecular weight excluding hydrogens is 166 g/mol. The average Bonchev–Trinajstić information content (AvgIpc) is 2.10. The van der Waals surface area contributed by atoms with E-state index in [0.717, 1.165) is 0 Å². The Morgan fingerprint density at radius 1 is 1.31 bits per heavy atom. The molecule has 13 heavy (non-hydrogen) atoms. The first-order valence-electron chi connectivity index (χ1n) is 4.18. The van der Waals surface area contributed by atoms with Crippen LogP contribution in [0.4, 0.5) is 0 Å². The fourth-order valence-corrected chi connectivity index (χ4v) is 0.789. The Morgan fingerprint density at radius 3 is 2.31 bits per heavy atom. The molecule has 72 valence electrons. The third kappa shape index (κ3) is 4.95. The van der Waals surface area contributed by atoms with E-state index in [1.54, 1.807) is 25.2 Å². The van der Waals surface area contributed by atoms with Gasteiger partial charge in [-0.25, -0.2) is 0 Å². The quantitative estimate of drug-likeness (QED) is 0.523. The highest BCUT2D eigenvalue weighted by Crippen LogP contribution is 1.96. The maximum Gasteiger partial charge on any atom is 0.251 e. The Morgan fingerprint density at radius 2 is 1.92 bits per heavy atom. The lowest BCUT2D eigenvalue weighted by atomic mass is 10.2. The average molecular weight is 181 g/mol. The normalized spacial score (nSPS) is 11.8. The lowest BCUT2D eigenvalue weighted by molar-refractivity contribution is -0.121. The zero-order valence-corrected chi connectivity index (χ0v) is 8.26. The Kier molecular flexibility index (Phi) is 5.52. The number of carbonyl (C=O) groups excluding carboxylic acids is 2. The van der Waals surface area contributed by atoms with Gasteiger partial charge < -0.3 is 5.32 Å². The van der Waals surface area contributed by atoms with Gasteiger partial charge in [0.15, 0.2) is 0 Å². The molecular formula is C10H15NO2. The van der Waals surface area contributed by atoms with Crippen LogP contribution in [0.1, 0.15) is 20.8 Å². The highest BCUT2D eigenvalue weighted by Gasteiger charge is 2.04. The van der Waals surface area contributed by atoms with Crippen LogP contribution in [0, 0.1) is 0 Å². The number of hydrogen-bond donors (Lipinski definition) is 1. The molecule has 0 aliphatic rings. The Balaban J connectivity index is 4.16. The molecule has 0 aliphatic heterocycles. The van der Waals surface area contributed by atoms with Gasteiger partial charge in [-0.3, -0.25) is 9.59 Å². The maximum absolute atomic E-state index is 11.3. The Hall–Kier alpha value is -1.38. The molecule has 3 nitrogen and oxygen atoms in total. The Bertz CT molecular complexity index is 252. The molecule has 0 aromatic heterocycles. The van der Waals surface area contributed by atoms with E-state index in [4.69, 9.17) is 0 Å². The van der Waals surface area contributed by atoms with Crippen molar-refractivity contribution >= 4 is 11.7 Å². The van der Waals surface area contributed by atoms with Crippen LogP contribution in [-0.4, -0.2) is 18.2 Å². The van der Waals surface area contributed by atoms with E-state index in [2.05, 4.69) is 5.32 Å². The van der Waals surface area contributed by atoms with Crippen molar-refractivity contribution in [2.75, 3.05) is 6.54 Å². The third-order valence-corrected chi connectivity index (χ3v) is 1.42. The van der Waals surface area contributed by atoms with Crippen molar-refractivity contribution in [3.63, 3.8) is 0 Å². The molecule has 3 heteroatoms. The van der Waals surface area contributed by atoms with Gasteiger partial charge in [0, 0.05) is 5.57 Å². The lowest BCUT2D eigenvalue weighted by Crippen LogP contribution is -2.28. The molecule has 0 fully saturated rings. The van der Waals surface area contributed by atoms with Crippen LogP contribution in [0.15, 0.2) is 23.8 Å². The van der Waals surface area contributed by atoms with Crippen molar-refractivity contribution in [3.8, 4) is 0 Å². The predicted molar refractivity (Wildman–Crippen MR) is 52.3 cm³/mol. The molecule has 0 unspecified atom stereocenters. The summed E-state index contributed by atoms with van der Waals surface area (Å²) in [5, 5.41) is 2.51. The SMILES string of the molecule is C/C=C\C(=C/C)C(=O)NCC(C)=O. The minimum absolute atomic E-state index is 0.0516. The maximum atomic E-state index is 11.3. The molecule has 0 spiro atoms. The number of ketones is 1. The molecule has 0 aromatic carbocycles. The smallest absolute Gasteiger partial charge is 0.251 e. The molecule has 0 atom stereocenters. The van der Waals surface area contributed by atoms with E-state index in [9.17, 15) is 9.59 Å². The van der Waals surface area contributed by atoms with Crippen LogP contribution in [0.2, 0.25) is 0 Å². The molecule has 0 aromatic rings. The summed E-state index contributed by atoms with van der Waals surface area (Å²) in [5.41, 5.74) is 0.573. The number of nitrogens with one attached hydrogen (secondary N) is 1. The van der Waals surface area contributed by atoms with Gasteiger partial charge in [-0.05, 0) is 20.8 Å². The van der Waals surface area contributed by atoms with Gasteiger partial charge in [-0.1, -0.05) is 18.2 Å². The van der Waals surface area contributed by atoms with Gasteiger partial charge in [0.1, 0.15) is 5.78 Å². The molecule has 0 bridgehead atoms. The van der Waals surface area contributed by atoms with Crippen molar-refractivity contribution in [2.45, 2.75) is 20.8 Å². The van der Waals surface area contributed by atoms with Gasteiger partial charge >= 0.3 is 0 Å². The summed E-state index contributed by atoms with van der Waals surface area (Å²) in [6.07, 6.45) is 5.19. The highest BCUT2D eigenvalue weighted by molar-refractivity contribution is 5.97. The number of allylic oxidation sites excluding steroid dienone is 2. The number of carbonyl (C=O) groups is 2. The van der Waals surface area contributed by atoms with E-state index in [-0.39, 0.29) is 18.2 Å². The molecule has 1 N–H and O–H groups in total. The van der Waals surface area contributed by atoms with Crippen LogP contribution in [0.25, 0.3) is 0 Å². The minimum Gasteiger partial charge on any atom is -0.345 e. The first kappa shape index (κ1) is 11.6. The molecule has 0 rings (SSSR count). The van der Waals surface area contributed by atoms with Crippen molar-refractivity contribution in [1.82, 2.24) is 5.32 Å². The summed E-state index contributed by atoms with van der Waals surface area (Å²) in [7, 11) is 0. The summed E-state index contributed by atoms with van der Waals surface area (Å²) in [6.45, 7) is 5.14. The summed E-state index contributed by atoms with van der Waals surface area (Å²) in [5.74, 6) is -0.264. The van der Waals surface area contributed by atoms with E-state index < -0.39 is 0 Å². The molecule has 1 amide bonds. The van der Waals surface area contributed by atoms with Crippen molar-refractivity contribution < 1.29 is 9.59 Å². The van der Waals surface area contributed by atoms with Gasteiger partial charge in [-0.15, -0.1) is 0 Å². The Labute approximate surface area is 78.5 Å². The van der Waals surface area contributed by atoms with E-state index in [1.807, 2.05) is 6.92 Å². The monoisotopic (exact) mass is 181 g/mol. The molecule has 0 aliphatic carbocycles. The van der Waals surface area contributed by atoms with E-state index in [1.165, 1.54) is 6.92 Å². The van der Waals surface area contributed by atoms with Gasteiger partial charge in [0.05, 0.1) is 6.54 Å². The second-order valence-corrected chi connectivity index (χ2v) is 2.63. The standard InChI is InChI=1S/C10H15NO2/c1-4-6-9(5-2)10(13)11-7-8(3)12/h4-6H,7H2,1-3H3,(H,11,13)/b6-4-,9-5+. The van der Waals surface area contributed by atoms with Crippen LogP contribution >= 0.6 is 0 Å². The van der Waals surface area contributed by atoms with Gasteiger partial charge in [0.25, 0.3) is 5.91 Å². The van der Waals surface area contributed by atoms with Crippen LogP contribution in [-0.2, 0) is 9.59 Å². The summed E-state index contributed by atoms with van der Waals surface area (Å²) >= 11 is 0. The van der Waals surface area contributed by atoms with E-state index >= 15 is 0 Å². The summed E-state index contributed by atoms with van der Waals surface area (Å²) in [6, 6.07) is 0. The topological polar surface area (TPSA) is 46.2 Å². The molecule has 0 heterocycles. The highest BCUT2D eigenvalue weighted by atomic mass is 16.2. The number of amides is 1. The minimum atomic E-state index is -0.212. The number of Topliss-reactive ketones (excluding diaryl/α,β-unsaturated/α-hetero) is 1. The van der Waals surface area contributed by atoms with Gasteiger partial charge in [0.2, 0.25) is 0 Å². The summed E-state index contributed by atoms with van der Waals surface area (Å²) < 4.78 is 0. The molecule has 0 saturated heterocycles. The van der Waals surface area contributed by atoms with Crippen molar-refractivity contribution in [3.05, 3.63) is 23.8 Å². The van der Waals surface area contributed by atoms with Crippen LogP contribution in [0.5, 0.6) is 0 Å². The van der Waals surface area contributed by atoms with Crippen LogP contribution in [0.3, 0.4) is 0 Å². The van der Waals surface area contributed by atoms with Crippen LogP contribution < -0.4 is 5.32 Å². The lowest BCUT2D eigenvalue weighted by Gasteiger charge is -2.02. The number of hydrogen-bond acceptors (Lipinski definition) is 2. The summed E-state index contributed by atoms with van der Waals surface area (Å²) in [4.78, 5) is 21.9. The molecule has 0 radical (unpaired) electrons. The largest absolute Gasteiger partial charge is 0.345 e. The second-order valence-electron chi connectivity index (χ2n) is 2.63. The van der Waals surface area contributed by atoms with Crippen molar-refractivity contribution in [2.24, 2.45) is 0 Å². The zero-order valence-electron chi connectivity index (χ0n) is 8.26. The fraction of sp³-hybridized carbons (Fsp3) is 0.400. The van der Waals surface area contributed by atoms with Crippen molar-refractivity contribution in [1.29, 1.82) is 0 Å². The first-order valence-corrected chi connectivity index (χ1v) is 4.18. The van der Waals surface area contributed by atoms with Gasteiger partial charge in [-0.2, -0.15) is 0 Å². The first-order chi connectivity index (χ1) is 6.11.